The SMILES string of the molecule is CC(C)N=C(NC(C)C)NC(C)C. The molecule has 0 radical (unpaired) electrons. The van der Waals surface area contributed by atoms with Crippen molar-refractivity contribution >= 4 is 5.96 Å². The van der Waals surface area contributed by atoms with Crippen molar-refractivity contribution in [3.05, 3.63) is 0 Å². The molecule has 0 bridgehead atoms. The number of nitrogens with zero attached hydrogens (tertiary/aromatic N) is 1. The van der Waals surface area contributed by atoms with Gasteiger partial charge < -0.3 is 10.6 Å². The summed E-state index contributed by atoms with van der Waals surface area (Å²) in [5, 5.41) is 6.56. The molecule has 0 fully saturated rings. The van der Waals surface area contributed by atoms with Gasteiger partial charge in [-0.2, -0.15) is 0 Å². The monoisotopic (exact) mass is 185 g/mol. The molecule has 2 N–H and O–H groups in total. The first-order valence-electron chi connectivity index (χ1n) is 5.02. The number of hydrogen-bond acceptors (Lipinski definition) is 1. The molecule has 0 aliphatic rings. The number of guanidine groups is 1. The summed E-state index contributed by atoms with van der Waals surface area (Å²) >= 11 is 0. The molecule has 0 saturated heterocycles. The minimum absolute atomic E-state index is 0.326. The molecule has 0 aromatic carbocycles. The lowest BCUT2D eigenvalue weighted by molar-refractivity contribution is 0.647. The van der Waals surface area contributed by atoms with E-state index in [1.54, 1.807) is 0 Å². The van der Waals surface area contributed by atoms with Gasteiger partial charge in [0.15, 0.2) is 5.96 Å². The van der Waals surface area contributed by atoms with E-state index in [4.69, 9.17) is 0 Å². The molecule has 0 atom stereocenters. The second-order valence-electron chi connectivity index (χ2n) is 4.17. The summed E-state index contributed by atoms with van der Waals surface area (Å²) < 4.78 is 0. The van der Waals surface area contributed by atoms with Crippen molar-refractivity contribution in [1.82, 2.24) is 10.6 Å². The van der Waals surface area contributed by atoms with Crippen LogP contribution < -0.4 is 10.6 Å². The van der Waals surface area contributed by atoms with Gasteiger partial charge in [0.1, 0.15) is 0 Å². The first-order valence-corrected chi connectivity index (χ1v) is 5.02. The predicted molar refractivity (Wildman–Crippen MR) is 59.1 cm³/mol. The van der Waals surface area contributed by atoms with Gasteiger partial charge in [0.2, 0.25) is 0 Å². The van der Waals surface area contributed by atoms with Gasteiger partial charge in [-0.1, -0.05) is 0 Å². The van der Waals surface area contributed by atoms with Gasteiger partial charge in [0.05, 0.1) is 0 Å². The molecule has 0 saturated carbocycles. The first kappa shape index (κ1) is 12.3. The summed E-state index contributed by atoms with van der Waals surface area (Å²) in [7, 11) is 0. The highest BCUT2D eigenvalue weighted by atomic mass is 15.2. The Hall–Kier alpha value is -0.730. The van der Waals surface area contributed by atoms with E-state index in [1.165, 1.54) is 0 Å². The molecule has 0 heterocycles. The summed E-state index contributed by atoms with van der Waals surface area (Å²) in [5.74, 6) is 0.903. The van der Waals surface area contributed by atoms with Crippen LogP contribution in [0.15, 0.2) is 4.99 Å². The highest BCUT2D eigenvalue weighted by molar-refractivity contribution is 5.80. The Morgan fingerprint density at radius 1 is 0.846 bits per heavy atom. The Morgan fingerprint density at radius 2 is 1.23 bits per heavy atom. The lowest BCUT2D eigenvalue weighted by Gasteiger charge is -2.18. The minimum Gasteiger partial charge on any atom is -0.354 e. The Balaban J connectivity index is 4.19. The smallest absolute Gasteiger partial charge is 0.191 e. The topological polar surface area (TPSA) is 36.4 Å². The molecule has 3 heteroatoms. The standard InChI is InChI=1S/C10H23N3/c1-7(2)11-10(12-8(3)4)13-9(5)6/h7-9H,1-6H3,(H2,11,12,13). The second-order valence-corrected chi connectivity index (χ2v) is 4.17. The van der Waals surface area contributed by atoms with E-state index in [0.29, 0.717) is 18.1 Å². The summed E-state index contributed by atoms with van der Waals surface area (Å²) in [6, 6.07) is 1.17. The molecule has 78 valence electrons. The van der Waals surface area contributed by atoms with E-state index in [9.17, 15) is 0 Å². The highest BCUT2D eigenvalue weighted by Crippen LogP contribution is 1.88. The van der Waals surface area contributed by atoms with Crippen molar-refractivity contribution in [3.63, 3.8) is 0 Å². The van der Waals surface area contributed by atoms with Crippen molar-refractivity contribution in [3.8, 4) is 0 Å². The molecule has 0 aliphatic carbocycles. The van der Waals surface area contributed by atoms with Crippen molar-refractivity contribution in [2.75, 3.05) is 0 Å². The van der Waals surface area contributed by atoms with Crippen LogP contribution in [-0.2, 0) is 0 Å². The van der Waals surface area contributed by atoms with Crippen LogP contribution >= 0.6 is 0 Å². The van der Waals surface area contributed by atoms with Crippen molar-refractivity contribution in [2.24, 2.45) is 4.99 Å². The number of nitrogens with one attached hydrogen (secondary N) is 2. The molecule has 3 nitrogen and oxygen atoms in total. The van der Waals surface area contributed by atoms with Gasteiger partial charge in [-0.3, -0.25) is 4.99 Å². The first-order chi connectivity index (χ1) is 5.91. The maximum Gasteiger partial charge on any atom is 0.191 e. The van der Waals surface area contributed by atoms with Crippen LogP contribution in [0.2, 0.25) is 0 Å². The predicted octanol–water partition coefficient (Wildman–Crippen LogP) is 1.75. The summed E-state index contributed by atoms with van der Waals surface area (Å²) in [4.78, 5) is 4.45. The molecule has 0 rings (SSSR count). The zero-order valence-electron chi connectivity index (χ0n) is 9.68. The third kappa shape index (κ3) is 7.62. The van der Waals surface area contributed by atoms with E-state index in [-0.39, 0.29) is 0 Å². The fourth-order valence-electron chi connectivity index (χ4n) is 0.921. The summed E-state index contributed by atoms with van der Waals surface area (Å²) in [6.45, 7) is 12.6. The summed E-state index contributed by atoms with van der Waals surface area (Å²) in [5.41, 5.74) is 0. The van der Waals surface area contributed by atoms with Crippen molar-refractivity contribution in [2.45, 2.75) is 59.7 Å². The van der Waals surface area contributed by atoms with Crippen LogP contribution in [-0.4, -0.2) is 24.1 Å². The van der Waals surface area contributed by atoms with Crippen LogP contribution in [0.5, 0.6) is 0 Å². The number of aliphatic imine (C=N–C) groups is 1. The summed E-state index contributed by atoms with van der Waals surface area (Å²) in [6.07, 6.45) is 0. The minimum atomic E-state index is 0.326. The van der Waals surface area contributed by atoms with Crippen LogP contribution in [0.25, 0.3) is 0 Å². The van der Waals surface area contributed by atoms with Crippen molar-refractivity contribution < 1.29 is 0 Å². The number of hydrogen-bond donors (Lipinski definition) is 2. The van der Waals surface area contributed by atoms with Crippen LogP contribution in [0, 0.1) is 0 Å². The average molecular weight is 185 g/mol. The zero-order valence-corrected chi connectivity index (χ0v) is 9.68. The zero-order chi connectivity index (χ0) is 10.4. The molecule has 0 spiro atoms. The second kappa shape index (κ2) is 5.84. The lowest BCUT2D eigenvalue weighted by atomic mass is 10.3. The fraction of sp³-hybridized carbons (Fsp3) is 0.900. The largest absolute Gasteiger partial charge is 0.354 e. The highest BCUT2D eigenvalue weighted by Gasteiger charge is 2.03. The van der Waals surface area contributed by atoms with E-state index in [0.717, 1.165) is 5.96 Å². The fourth-order valence-corrected chi connectivity index (χ4v) is 0.921. The van der Waals surface area contributed by atoms with E-state index < -0.39 is 0 Å². The molecule has 0 aromatic rings. The number of rotatable bonds is 3. The molecule has 0 unspecified atom stereocenters. The Bertz CT molecular complexity index is 148. The van der Waals surface area contributed by atoms with Crippen LogP contribution in [0.4, 0.5) is 0 Å². The Labute approximate surface area is 82.0 Å². The normalized spacial score (nSPS) is 10.8. The average Bonchev–Trinajstić information content (AvgIpc) is 1.80. The van der Waals surface area contributed by atoms with E-state index >= 15 is 0 Å². The molecular formula is C10H23N3. The van der Waals surface area contributed by atoms with Crippen LogP contribution in [0.3, 0.4) is 0 Å². The van der Waals surface area contributed by atoms with Gasteiger partial charge in [-0.05, 0) is 41.5 Å². The molecule has 13 heavy (non-hydrogen) atoms. The Kier molecular flexibility index (Phi) is 5.51. The lowest BCUT2D eigenvalue weighted by Crippen LogP contribution is -2.44. The van der Waals surface area contributed by atoms with Gasteiger partial charge >= 0.3 is 0 Å². The quantitative estimate of drug-likeness (QED) is 0.519. The maximum absolute atomic E-state index is 4.45. The maximum atomic E-state index is 4.45. The van der Waals surface area contributed by atoms with Gasteiger partial charge in [0.25, 0.3) is 0 Å². The third-order valence-electron chi connectivity index (χ3n) is 1.24. The molecular weight excluding hydrogens is 162 g/mol. The van der Waals surface area contributed by atoms with Crippen molar-refractivity contribution in [1.29, 1.82) is 0 Å². The third-order valence-corrected chi connectivity index (χ3v) is 1.24. The van der Waals surface area contributed by atoms with Gasteiger partial charge in [-0.25, -0.2) is 0 Å². The van der Waals surface area contributed by atoms with E-state index in [1.807, 2.05) is 0 Å². The van der Waals surface area contributed by atoms with Gasteiger partial charge in [-0.15, -0.1) is 0 Å². The van der Waals surface area contributed by atoms with Crippen LogP contribution in [0.1, 0.15) is 41.5 Å². The molecule has 0 aliphatic heterocycles. The van der Waals surface area contributed by atoms with Gasteiger partial charge in [0, 0.05) is 18.1 Å². The van der Waals surface area contributed by atoms with E-state index in [2.05, 4.69) is 57.2 Å². The Morgan fingerprint density at radius 3 is 1.46 bits per heavy atom. The molecule has 0 amide bonds. The molecule has 0 aromatic heterocycles.